The SMILES string of the molecule is CCCN(CCC)C(=O)c1cccc(C(=O)N[C@@H](Cc2ccccc2)[C@@H](O)Cn2cc(C(=O)N3CCCCCC3)cn2)c1. The first-order valence-corrected chi connectivity index (χ1v) is 15.6. The minimum absolute atomic E-state index is 0.0392. The van der Waals surface area contributed by atoms with Crippen molar-refractivity contribution in [3.8, 4) is 0 Å². The van der Waals surface area contributed by atoms with Gasteiger partial charge in [-0.2, -0.15) is 5.10 Å². The number of amides is 3. The van der Waals surface area contributed by atoms with Gasteiger partial charge in [0.25, 0.3) is 17.7 Å². The van der Waals surface area contributed by atoms with E-state index in [1.807, 2.05) is 54.0 Å². The normalized spacial score (nSPS) is 14.9. The summed E-state index contributed by atoms with van der Waals surface area (Å²) >= 11 is 0. The van der Waals surface area contributed by atoms with Gasteiger partial charge in [0.1, 0.15) is 0 Å². The van der Waals surface area contributed by atoms with E-state index in [-0.39, 0.29) is 24.3 Å². The van der Waals surface area contributed by atoms with Gasteiger partial charge in [-0.1, -0.05) is 63.1 Å². The van der Waals surface area contributed by atoms with Crippen LogP contribution in [0, 0.1) is 0 Å². The van der Waals surface area contributed by atoms with Crippen LogP contribution in [-0.2, 0) is 13.0 Å². The quantitative estimate of drug-likeness (QED) is 0.305. The first kappa shape index (κ1) is 31.9. The van der Waals surface area contributed by atoms with E-state index >= 15 is 0 Å². The van der Waals surface area contributed by atoms with Gasteiger partial charge in [0.05, 0.1) is 30.5 Å². The topological polar surface area (TPSA) is 108 Å². The molecular formula is C34H45N5O4. The van der Waals surface area contributed by atoms with Gasteiger partial charge in [0.2, 0.25) is 0 Å². The number of carbonyl (C=O) groups is 3. The van der Waals surface area contributed by atoms with Crippen LogP contribution in [0.25, 0.3) is 0 Å². The van der Waals surface area contributed by atoms with Crippen molar-refractivity contribution in [1.29, 1.82) is 0 Å². The Morgan fingerprint density at radius 2 is 1.58 bits per heavy atom. The molecule has 1 aromatic heterocycles. The predicted octanol–water partition coefficient (Wildman–Crippen LogP) is 4.56. The monoisotopic (exact) mass is 587 g/mol. The van der Waals surface area contributed by atoms with Crippen LogP contribution in [0.2, 0.25) is 0 Å². The molecule has 2 aromatic carbocycles. The van der Waals surface area contributed by atoms with Crippen LogP contribution in [-0.4, -0.2) is 80.7 Å². The number of benzene rings is 2. The molecule has 1 aliphatic heterocycles. The molecule has 3 amide bonds. The van der Waals surface area contributed by atoms with Crippen LogP contribution in [0.4, 0.5) is 0 Å². The second-order valence-electron chi connectivity index (χ2n) is 11.4. The number of rotatable bonds is 13. The third-order valence-corrected chi connectivity index (χ3v) is 7.87. The number of nitrogens with one attached hydrogen (secondary N) is 1. The lowest BCUT2D eigenvalue weighted by atomic mass is 10.00. The van der Waals surface area contributed by atoms with Gasteiger partial charge >= 0.3 is 0 Å². The molecule has 2 N–H and O–H groups in total. The molecule has 0 radical (unpaired) electrons. The summed E-state index contributed by atoms with van der Waals surface area (Å²) in [5.41, 5.74) is 2.28. The van der Waals surface area contributed by atoms with E-state index in [2.05, 4.69) is 10.4 Å². The number of hydrogen-bond donors (Lipinski definition) is 2. The molecule has 0 bridgehead atoms. The lowest BCUT2D eigenvalue weighted by Crippen LogP contribution is -2.46. The lowest BCUT2D eigenvalue weighted by molar-refractivity contribution is 0.0750. The van der Waals surface area contributed by atoms with Crippen molar-refractivity contribution < 1.29 is 19.5 Å². The maximum atomic E-state index is 13.5. The maximum absolute atomic E-state index is 13.5. The maximum Gasteiger partial charge on any atom is 0.257 e. The third kappa shape index (κ3) is 9.00. The Kier molecular flexibility index (Phi) is 11.9. The summed E-state index contributed by atoms with van der Waals surface area (Å²) in [6, 6.07) is 15.8. The van der Waals surface area contributed by atoms with Gasteiger partial charge in [-0.15, -0.1) is 0 Å². The van der Waals surface area contributed by atoms with E-state index in [4.69, 9.17) is 0 Å². The standard InChI is InChI=1S/C34H45N5O4/c1-3-17-37(18-4-2)33(42)28-16-12-15-27(22-28)32(41)36-30(21-26-13-8-7-9-14-26)31(40)25-39-24-29(23-35-39)34(43)38-19-10-5-6-11-20-38/h7-9,12-16,22-24,30-31,40H,3-6,10-11,17-21,25H2,1-2H3,(H,36,41)/t30-,31-/m0/s1. The zero-order chi connectivity index (χ0) is 30.6. The Morgan fingerprint density at radius 3 is 2.26 bits per heavy atom. The van der Waals surface area contributed by atoms with Gasteiger partial charge in [-0.3, -0.25) is 19.1 Å². The average molecular weight is 588 g/mol. The van der Waals surface area contributed by atoms with Crippen molar-refractivity contribution in [3.05, 3.63) is 89.2 Å². The predicted molar refractivity (Wildman–Crippen MR) is 167 cm³/mol. The molecule has 230 valence electrons. The molecule has 43 heavy (non-hydrogen) atoms. The van der Waals surface area contributed by atoms with Gasteiger partial charge < -0.3 is 20.2 Å². The zero-order valence-electron chi connectivity index (χ0n) is 25.5. The van der Waals surface area contributed by atoms with Crippen molar-refractivity contribution in [2.75, 3.05) is 26.2 Å². The minimum Gasteiger partial charge on any atom is -0.389 e. The number of likely N-dealkylation sites (tertiary alicyclic amines) is 1. The number of aliphatic hydroxyl groups is 1. The summed E-state index contributed by atoms with van der Waals surface area (Å²) < 4.78 is 1.56. The second-order valence-corrected chi connectivity index (χ2v) is 11.4. The summed E-state index contributed by atoms with van der Waals surface area (Å²) in [5, 5.41) is 18.7. The molecule has 2 atom stereocenters. The molecule has 2 heterocycles. The number of aromatic nitrogens is 2. The first-order chi connectivity index (χ1) is 20.9. The summed E-state index contributed by atoms with van der Waals surface area (Å²) in [7, 11) is 0. The summed E-state index contributed by atoms with van der Waals surface area (Å²) in [6.45, 7) is 7.00. The van der Waals surface area contributed by atoms with Crippen LogP contribution in [0.15, 0.2) is 67.0 Å². The van der Waals surface area contributed by atoms with Crippen LogP contribution in [0.3, 0.4) is 0 Å². The van der Waals surface area contributed by atoms with E-state index in [1.54, 1.807) is 41.3 Å². The number of aliphatic hydroxyl groups excluding tert-OH is 1. The Balaban J connectivity index is 1.48. The summed E-state index contributed by atoms with van der Waals surface area (Å²) in [4.78, 5) is 43.4. The number of nitrogens with zero attached hydrogens (tertiary/aromatic N) is 4. The number of carbonyl (C=O) groups excluding carboxylic acids is 3. The number of hydrogen-bond acceptors (Lipinski definition) is 5. The molecule has 0 aliphatic carbocycles. The zero-order valence-corrected chi connectivity index (χ0v) is 25.5. The highest BCUT2D eigenvalue weighted by molar-refractivity contribution is 5.99. The molecular weight excluding hydrogens is 542 g/mol. The van der Waals surface area contributed by atoms with E-state index in [0.717, 1.165) is 57.2 Å². The fraction of sp³-hybridized carbons (Fsp3) is 0.471. The van der Waals surface area contributed by atoms with E-state index in [1.165, 1.54) is 0 Å². The van der Waals surface area contributed by atoms with Gasteiger partial charge in [0, 0.05) is 43.5 Å². The Bertz CT molecular complexity index is 1330. The molecule has 0 spiro atoms. The molecule has 4 rings (SSSR count). The highest BCUT2D eigenvalue weighted by atomic mass is 16.3. The van der Waals surface area contributed by atoms with E-state index in [0.29, 0.717) is 36.2 Å². The van der Waals surface area contributed by atoms with Crippen LogP contribution in [0.5, 0.6) is 0 Å². The van der Waals surface area contributed by atoms with Crippen LogP contribution < -0.4 is 5.32 Å². The largest absolute Gasteiger partial charge is 0.389 e. The second kappa shape index (κ2) is 16.0. The first-order valence-electron chi connectivity index (χ1n) is 15.6. The molecule has 1 fully saturated rings. The smallest absolute Gasteiger partial charge is 0.257 e. The van der Waals surface area contributed by atoms with Crippen LogP contribution >= 0.6 is 0 Å². The Morgan fingerprint density at radius 1 is 0.907 bits per heavy atom. The molecule has 3 aromatic rings. The average Bonchev–Trinajstić information content (AvgIpc) is 3.31. The minimum atomic E-state index is -0.986. The Labute approximate surface area is 254 Å². The highest BCUT2D eigenvalue weighted by Crippen LogP contribution is 2.15. The summed E-state index contributed by atoms with van der Waals surface area (Å²) in [5.74, 6) is -0.504. The van der Waals surface area contributed by atoms with Gasteiger partial charge in [-0.05, 0) is 55.9 Å². The lowest BCUT2D eigenvalue weighted by Gasteiger charge is -2.25. The van der Waals surface area contributed by atoms with E-state index in [9.17, 15) is 19.5 Å². The van der Waals surface area contributed by atoms with E-state index < -0.39 is 12.1 Å². The Hall–Kier alpha value is -3.98. The molecule has 0 saturated carbocycles. The molecule has 9 nitrogen and oxygen atoms in total. The molecule has 1 aliphatic rings. The summed E-state index contributed by atoms with van der Waals surface area (Å²) in [6.07, 6.45) is 8.64. The van der Waals surface area contributed by atoms with Gasteiger partial charge in [-0.25, -0.2) is 0 Å². The van der Waals surface area contributed by atoms with Gasteiger partial charge in [0.15, 0.2) is 0 Å². The highest BCUT2D eigenvalue weighted by Gasteiger charge is 2.25. The van der Waals surface area contributed by atoms with Crippen LogP contribution in [0.1, 0.15) is 89.0 Å². The van der Waals surface area contributed by atoms with Crippen molar-refractivity contribution in [3.63, 3.8) is 0 Å². The molecule has 1 saturated heterocycles. The van der Waals surface area contributed by atoms with Crippen molar-refractivity contribution in [2.45, 2.75) is 77.5 Å². The fourth-order valence-corrected chi connectivity index (χ4v) is 5.58. The fourth-order valence-electron chi connectivity index (χ4n) is 5.58. The van der Waals surface area contributed by atoms with Crippen molar-refractivity contribution in [2.24, 2.45) is 0 Å². The molecule has 0 unspecified atom stereocenters. The third-order valence-electron chi connectivity index (χ3n) is 7.87. The molecule has 9 heteroatoms. The van der Waals surface area contributed by atoms with Crippen molar-refractivity contribution >= 4 is 17.7 Å². The van der Waals surface area contributed by atoms with Crippen molar-refractivity contribution in [1.82, 2.24) is 24.9 Å².